The summed E-state index contributed by atoms with van der Waals surface area (Å²) in [6, 6.07) is 4.74. The Hall–Kier alpha value is -2.15. The lowest BCUT2D eigenvalue weighted by Gasteiger charge is -2.09. The summed E-state index contributed by atoms with van der Waals surface area (Å²) in [7, 11) is 1.44. The van der Waals surface area contributed by atoms with E-state index in [0.717, 1.165) is 0 Å². The Morgan fingerprint density at radius 3 is 2.70 bits per heavy atom. The van der Waals surface area contributed by atoms with Gasteiger partial charge < -0.3 is 15.4 Å². The Kier molecular flexibility index (Phi) is 4.52. The molecule has 0 bridgehead atoms. The van der Waals surface area contributed by atoms with Crippen molar-refractivity contribution < 1.29 is 9.13 Å². The lowest BCUT2D eigenvalue weighted by molar-refractivity contribution is 0.379. The Labute approximate surface area is 120 Å². The highest BCUT2D eigenvalue weighted by Crippen LogP contribution is 2.24. The molecule has 0 fully saturated rings. The van der Waals surface area contributed by atoms with Crippen LogP contribution in [0.1, 0.15) is 6.92 Å². The van der Waals surface area contributed by atoms with Crippen LogP contribution >= 0.6 is 11.6 Å². The summed E-state index contributed by atoms with van der Waals surface area (Å²) < 4.78 is 18.8. The Morgan fingerprint density at radius 1 is 1.25 bits per heavy atom. The second-order valence-corrected chi connectivity index (χ2v) is 4.13. The first kappa shape index (κ1) is 14.3. The molecule has 1 heterocycles. The molecule has 1 aromatic carbocycles. The summed E-state index contributed by atoms with van der Waals surface area (Å²) in [4.78, 5) is 12.1. The van der Waals surface area contributed by atoms with Gasteiger partial charge in [-0.1, -0.05) is 17.7 Å². The Balaban J connectivity index is 2.32. The van der Waals surface area contributed by atoms with E-state index in [1.165, 1.54) is 19.2 Å². The molecule has 0 atom stereocenters. The maximum Gasteiger partial charge on any atom is 0.322 e. The summed E-state index contributed by atoms with van der Waals surface area (Å²) >= 11 is 5.71. The fraction of sp³-hybridized carbons (Fsp3) is 0.250. The fourth-order valence-corrected chi connectivity index (χ4v) is 1.64. The second-order valence-electron chi connectivity index (χ2n) is 3.73. The number of benzene rings is 1. The van der Waals surface area contributed by atoms with Gasteiger partial charge >= 0.3 is 6.01 Å². The van der Waals surface area contributed by atoms with E-state index in [1.807, 2.05) is 6.92 Å². The molecule has 1 aromatic heterocycles. The minimum atomic E-state index is -0.571. The maximum atomic E-state index is 13.8. The molecule has 0 spiro atoms. The van der Waals surface area contributed by atoms with Crippen LogP contribution in [0.15, 0.2) is 18.2 Å². The van der Waals surface area contributed by atoms with Crippen LogP contribution in [0.2, 0.25) is 5.02 Å². The molecule has 8 heteroatoms. The van der Waals surface area contributed by atoms with E-state index >= 15 is 0 Å². The van der Waals surface area contributed by atoms with Gasteiger partial charge in [0.25, 0.3) is 0 Å². The maximum absolute atomic E-state index is 13.8. The van der Waals surface area contributed by atoms with Gasteiger partial charge in [0.1, 0.15) is 0 Å². The zero-order chi connectivity index (χ0) is 14.5. The molecule has 0 saturated carbocycles. The van der Waals surface area contributed by atoms with E-state index in [2.05, 4.69) is 25.6 Å². The Morgan fingerprint density at radius 2 is 2.00 bits per heavy atom. The van der Waals surface area contributed by atoms with Crippen LogP contribution in [0, 0.1) is 5.82 Å². The molecule has 20 heavy (non-hydrogen) atoms. The topological polar surface area (TPSA) is 72.0 Å². The third-order valence-corrected chi connectivity index (χ3v) is 2.62. The van der Waals surface area contributed by atoms with Crippen LogP contribution in [0.3, 0.4) is 0 Å². The summed E-state index contributed by atoms with van der Waals surface area (Å²) in [5.74, 6) is -0.0724. The molecular weight excluding hydrogens is 285 g/mol. The van der Waals surface area contributed by atoms with Gasteiger partial charge in [-0.05, 0) is 19.1 Å². The number of nitrogens with one attached hydrogen (secondary N) is 2. The smallest absolute Gasteiger partial charge is 0.322 e. The molecule has 0 aliphatic rings. The number of halogens is 2. The van der Waals surface area contributed by atoms with E-state index in [4.69, 9.17) is 16.3 Å². The van der Waals surface area contributed by atoms with Crippen LogP contribution in [-0.2, 0) is 0 Å². The first-order chi connectivity index (χ1) is 9.63. The highest BCUT2D eigenvalue weighted by atomic mass is 35.5. The first-order valence-electron chi connectivity index (χ1n) is 5.89. The van der Waals surface area contributed by atoms with Crippen LogP contribution in [-0.4, -0.2) is 28.6 Å². The van der Waals surface area contributed by atoms with Crippen LogP contribution in [0.25, 0.3) is 0 Å². The average Bonchev–Trinajstić information content (AvgIpc) is 2.44. The molecule has 0 aliphatic carbocycles. The zero-order valence-electron chi connectivity index (χ0n) is 10.9. The van der Waals surface area contributed by atoms with Crippen molar-refractivity contribution in [2.24, 2.45) is 0 Å². The standard InChI is InChI=1S/C12H13ClFN5O/c1-3-15-10-17-11(19-12(18-10)20-2)16-8-6-4-5-7(13)9(8)14/h4-6H,3H2,1-2H3,(H2,15,16,17,18,19). The number of hydrogen-bond donors (Lipinski definition) is 2. The quantitative estimate of drug-likeness (QED) is 0.884. The average molecular weight is 298 g/mol. The van der Waals surface area contributed by atoms with Gasteiger partial charge in [0.15, 0.2) is 5.82 Å². The van der Waals surface area contributed by atoms with Crippen LogP contribution in [0.4, 0.5) is 22.0 Å². The molecular formula is C12H13ClFN5O. The molecule has 6 nitrogen and oxygen atoms in total. The highest BCUT2D eigenvalue weighted by Gasteiger charge is 2.10. The van der Waals surface area contributed by atoms with Gasteiger partial charge in [-0.2, -0.15) is 15.0 Å². The molecule has 0 amide bonds. The van der Waals surface area contributed by atoms with Gasteiger partial charge in [0, 0.05) is 6.54 Å². The number of aromatic nitrogens is 3. The largest absolute Gasteiger partial charge is 0.467 e. The number of methoxy groups -OCH3 is 1. The first-order valence-corrected chi connectivity index (χ1v) is 6.26. The van der Waals surface area contributed by atoms with Crippen molar-refractivity contribution in [1.82, 2.24) is 15.0 Å². The summed E-state index contributed by atoms with van der Waals surface area (Å²) in [6.07, 6.45) is 0. The van der Waals surface area contributed by atoms with Crippen molar-refractivity contribution in [1.29, 1.82) is 0 Å². The molecule has 106 valence electrons. The van der Waals surface area contributed by atoms with Crippen molar-refractivity contribution in [3.63, 3.8) is 0 Å². The molecule has 2 N–H and O–H groups in total. The van der Waals surface area contributed by atoms with E-state index < -0.39 is 5.82 Å². The van der Waals surface area contributed by atoms with Gasteiger partial charge in [-0.15, -0.1) is 0 Å². The SMILES string of the molecule is CCNc1nc(Nc2cccc(Cl)c2F)nc(OC)n1. The van der Waals surface area contributed by atoms with E-state index in [-0.39, 0.29) is 22.7 Å². The van der Waals surface area contributed by atoms with Crippen molar-refractivity contribution in [2.45, 2.75) is 6.92 Å². The Bertz CT molecular complexity index is 610. The summed E-state index contributed by atoms with van der Waals surface area (Å²) in [6.45, 7) is 2.54. The van der Waals surface area contributed by atoms with Gasteiger partial charge in [0.2, 0.25) is 11.9 Å². The predicted molar refractivity (Wildman–Crippen MR) is 75.2 cm³/mol. The molecule has 2 rings (SSSR count). The van der Waals surface area contributed by atoms with E-state index in [1.54, 1.807) is 6.07 Å². The number of ether oxygens (including phenoxy) is 1. The molecule has 2 aromatic rings. The fourth-order valence-electron chi connectivity index (χ4n) is 1.46. The predicted octanol–water partition coefficient (Wildman–Crippen LogP) is 2.85. The lowest BCUT2D eigenvalue weighted by atomic mass is 10.3. The lowest BCUT2D eigenvalue weighted by Crippen LogP contribution is -2.08. The van der Waals surface area contributed by atoms with E-state index in [9.17, 15) is 4.39 Å². The van der Waals surface area contributed by atoms with Crippen molar-refractivity contribution >= 4 is 29.2 Å². The van der Waals surface area contributed by atoms with Gasteiger partial charge in [-0.25, -0.2) is 4.39 Å². The summed E-state index contributed by atoms with van der Waals surface area (Å²) in [5.41, 5.74) is 0.174. The van der Waals surface area contributed by atoms with Gasteiger partial charge in [-0.3, -0.25) is 0 Å². The van der Waals surface area contributed by atoms with Crippen molar-refractivity contribution in [3.05, 3.63) is 29.0 Å². The zero-order valence-corrected chi connectivity index (χ0v) is 11.7. The number of hydrogen-bond acceptors (Lipinski definition) is 6. The minimum absolute atomic E-state index is 0.0166. The number of anilines is 3. The van der Waals surface area contributed by atoms with E-state index in [0.29, 0.717) is 12.5 Å². The van der Waals surface area contributed by atoms with Gasteiger partial charge in [0.05, 0.1) is 17.8 Å². The minimum Gasteiger partial charge on any atom is -0.467 e. The summed E-state index contributed by atoms with van der Waals surface area (Å²) in [5, 5.41) is 5.69. The van der Waals surface area contributed by atoms with Crippen molar-refractivity contribution in [3.8, 4) is 6.01 Å². The van der Waals surface area contributed by atoms with Crippen LogP contribution < -0.4 is 15.4 Å². The third kappa shape index (κ3) is 3.24. The van der Waals surface area contributed by atoms with Crippen LogP contribution in [0.5, 0.6) is 6.01 Å². The third-order valence-electron chi connectivity index (χ3n) is 2.33. The number of nitrogens with zero attached hydrogens (tertiary/aromatic N) is 3. The monoisotopic (exact) mass is 297 g/mol. The highest BCUT2D eigenvalue weighted by molar-refractivity contribution is 6.31. The number of rotatable bonds is 5. The normalized spacial score (nSPS) is 10.2. The second kappa shape index (κ2) is 6.33. The molecule has 0 unspecified atom stereocenters. The molecule has 0 radical (unpaired) electrons. The molecule has 0 aliphatic heterocycles. The molecule has 0 saturated heterocycles. The van der Waals surface area contributed by atoms with Crippen molar-refractivity contribution in [2.75, 3.05) is 24.3 Å².